The number of hydrogen-bond acceptors (Lipinski definition) is 3. The van der Waals surface area contributed by atoms with E-state index in [1.165, 1.54) is 0 Å². The molecule has 1 amide bonds. The number of carbonyl (C=O) groups excluding carboxylic acids is 1. The van der Waals surface area contributed by atoms with Gasteiger partial charge in [0, 0.05) is 63.1 Å². The fraction of sp³-hybridized carbons (Fsp3) is 0.350. The summed E-state index contributed by atoms with van der Waals surface area (Å²) in [6.07, 6.45) is 8.09. The lowest BCUT2D eigenvalue weighted by Gasteiger charge is -2.42. The zero-order valence-electron chi connectivity index (χ0n) is 15.1. The third-order valence-electron chi connectivity index (χ3n) is 5.80. The molecule has 2 atom stereocenters. The van der Waals surface area contributed by atoms with Gasteiger partial charge in [0.2, 0.25) is 0 Å². The molecule has 5 rings (SSSR count). The number of hydrogen-bond donors (Lipinski definition) is 1. The van der Waals surface area contributed by atoms with Gasteiger partial charge in [0.05, 0.1) is 11.1 Å². The van der Waals surface area contributed by atoms with Crippen LogP contribution in [0.1, 0.15) is 28.4 Å². The topological polar surface area (TPSA) is 75.9 Å². The van der Waals surface area contributed by atoms with Crippen LogP contribution in [0.4, 0.5) is 0 Å². The minimum atomic E-state index is 0.0157. The smallest absolute Gasteiger partial charge is 0.261 e. The van der Waals surface area contributed by atoms with Crippen LogP contribution in [-0.2, 0) is 13.6 Å². The summed E-state index contributed by atoms with van der Waals surface area (Å²) in [5, 5.41) is 0. The second-order valence-corrected chi connectivity index (χ2v) is 7.56. The second-order valence-electron chi connectivity index (χ2n) is 7.56. The number of nitrogens with one attached hydrogen (secondary N) is 1. The highest BCUT2D eigenvalue weighted by Gasteiger charge is 2.37. The van der Waals surface area contributed by atoms with Crippen molar-refractivity contribution in [3.8, 4) is 11.4 Å². The summed E-state index contributed by atoms with van der Waals surface area (Å²) >= 11 is 0. The minimum absolute atomic E-state index is 0.0157. The van der Waals surface area contributed by atoms with Gasteiger partial charge in [-0.3, -0.25) is 9.59 Å². The van der Waals surface area contributed by atoms with Gasteiger partial charge in [0.1, 0.15) is 5.82 Å². The molecule has 3 aromatic heterocycles. The first-order valence-corrected chi connectivity index (χ1v) is 9.25. The van der Waals surface area contributed by atoms with Gasteiger partial charge >= 0.3 is 0 Å². The molecule has 0 spiro atoms. The lowest BCUT2D eigenvalue weighted by atomic mass is 9.82. The number of H-pyrrole nitrogens is 1. The van der Waals surface area contributed by atoms with E-state index in [1.54, 1.807) is 18.6 Å². The lowest BCUT2D eigenvalue weighted by molar-refractivity contribution is 0.0595. The Labute approximate surface area is 156 Å². The molecule has 138 valence electrons. The van der Waals surface area contributed by atoms with E-state index in [1.807, 2.05) is 45.5 Å². The van der Waals surface area contributed by atoms with Gasteiger partial charge in [0.15, 0.2) is 0 Å². The van der Waals surface area contributed by atoms with Gasteiger partial charge in [-0.05, 0) is 30.5 Å². The van der Waals surface area contributed by atoms with Crippen molar-refractivity contribution >= 4 is 5.91 Å². The molecular formula is C20H21N5O2. The second kappa shape index (κ2) is 5.97. The summed E-state index contributed by atoms with van der Waals surface area (Å²) in [5.41, 5.74) is 2.37. The zero-order chi connectivity index (χ0) is 18.5. The first kappa shape index (κ1) is 16.1. The monoisotopic (exact) mass is 363 g/mol. The molecule has 2 aliphatic rings. The molecule has 7 heteroatoms. The Kier molecular flexibility index (Phi) is 3.56. The number of aryl methyl sites for hydroxylation is 1. The average molecular weight is 363 g/mol. The van der Waals surface area contributed by atoms with Gasteiger partial charge < -0.3 is 19.0 Å². The van der Waals surface area contributed by atoms with Crippen LogP contribution in [0.15, 0.2) is 47.8 Å². The number of likely N-dealkylation sites (tertiary alicyclic amines) is 1. The van der Waals surface area contributed by atoms with Crippen LogP contribution < -0.4 is 5.56 Å². The van der Waals surface area contributed by atoms with Crippen molar-refractivity contribution in [2.24, 2.45) is 13.0 Å². The normalized spacial score (nSPS) is 21.1. The van der Waals surface area contributed by atoms with E-state index in [-0.39, 0.29) is 17.4 Å². The average Bonchev–Trinajstić information content (AvgIpc) is 3.34. The van der Waals surface area contributed by atoms with Crippen LogP contribution in [0.5, 0.6) is 0 Å². The number of aromatic nitrogens is 4. The summed E-state index contributed by atoms with van der Waals surface area (Å²) < 4.78 is 3.77. The number of nitrogens with zero attached hydrogens (tertiary/aromatic N) is 4. The third-order valence-corrected chi connectivity index (χ3v) is 5.80. The number of pyridine rings is 1. The molecule has 1 saturated heterocycles. The molecule has 0 aliphatic carbocycles. The Hall–Kier alpha value is -3.09. The Morgan fingerprint density at radius 1 is 1.22 bits per heavy atom. The van der Waals surface area contributed by atoms with E-state index in [0.29, 0.717) is 42.5 Å². The van der Waals surface area contributed by atoms with Crippen molar-refractivity contribution in [3.05, 3.63) is 64.6 Å². The summed E-state index contributed by atoms with van der Waals surface area (Å²) in [7, 11) is 1.89. The van der Waals surface area contributed by atoms with Crippen molar-refractivity contribution < 1.29 is 4.79 Å². The number of aromatic amines is 1. The van der Waals surface area contributed by atoms with Crippen LogP contribution in [0.3, 0.4) is 0 Å². The SMILES string of the molecule is Cn1ccnc1-c1ccc2n(c1=O)C[C@H]1C[C@@H]2CN(C(=O)c2cc[nH]c2)C1. The Morgan fingerprint density at radius 2 is 2.11 bits per heavy atom. The summed E-state index contributed by atoms with van der Waals surface area (Å²) in [5.74, 6) is 1.25. The number of amides is 1. The van der Waals surface area contributed by atoms with E-state index in [2.05, 4.69) is 9.97 Å². The van der Waals surface area contributed by atoms with Crippen molar-refractivity contribution in [1.82, 2.24) is 24.0 Å². The largest absolute Gasteiger partial charge is 0.367 e. The predicted molar refractivity (Wildman–Crippen MR) is 100 cm³/mol. The number of imidazole rings is 1. The summed E-state index contributed by atoms with van der Waals surface area (Å²) in [6.45, 7) is 2.00. The molecule has 0 unspecified atom stereocenters. The van der Waals surface area contributed by atoms with Crippen molar-refractivity contribution in [3.63, 3.8) is 0 Å². The molecular weight excluding hydrogens is 342 g/mol. The predicted octanol–water partition coefficient (Wildman–Crippen LogP) is 1.84. The first-order chi connectivity index (χ1) is 13.1. The highest BCUT2D eigenvalue weighted by atomic mass is 16.2. The fourth-order valence-electron chi connectivity index (χ4n) is 4.55. The van der Waals surface area contributed by atoms with Gasteiger partial charge in [-0.1, -0.05) is 0 Å². The van der Waals surface area contributed by atoms with Crippen LogP contribution >= 0.6 is 0 Å². The van der Waals surface area contributed by atoms with Crippen molar-refractivity contribution in [2.75, 3.05) is 13.1 Å². The summed E-state index contributed by atoms with van der Waals surface area (Å²) in [6, 6.07) is 5.73. The minimum Gasteiger partial charge on any atom is -0.367 e. The third kappa shape index (κ3) is 2.53. The lowest BCUT2D eigenvalue weighted by Crippen LogP contribution is -2.49. The molecule has 5 heterocycles. The maximum Gasteiger partial charge on any atom is 0.261 e. The maximum atomic E-state index is 13.1. The highest BCUT2D eigenvalue weighted by Crippen LogP contribution is 2.36. The van der Waals surface area contributed by atoms with E-state index in [9.17, 15) is 9.59 Å². The first-order valence-electron chi connectivity index (χ1n) is 9.25. The van der Waals surface area contributed by atoms with Gasteiger partial charge in [-0.2, -0.15) is 0 Å². The van der Waals surface area contributed by atoms with Crippen LogP contribution in [-0.4, -0.2) is 43.0 Å². The van der Waals surface area contributed by atoms with Crippen LogP contribution in [0.2, 0.25) is 0 Å². The van der Waals surface area contributed by atoms with Gasteiger partial charge in [-0.25, -0.2) is 4.98 Å². The van der Waals surface area contributed by atoms with Crippen LogP contribution in [0.25, 0.3) is 11.4 Å². The molecule has 0 saturated carbocycles. The number of rotatable bonds is 2. The molecule has 27 heavy (non-hydrogen) atoms. The summed E-state index contributed by atoms with van der Waals surface area (Å²) in [4.78, 5) is 35.1. The molecule has 7 nitrogen and oxygen atoms in total. The molecule has 1 fully saturated rings. The molecule has 2 aliphatic heterocycles. The van der Waals surface area contributed by atoms with Gasteiger partial charge in [0.25, 0.3) is 11.5 Å². The molecule has 3 aromatic rings. The fourth-order valence-corrected chi connectivity index (χ4v) is 4.55. The molecule has 0 radical (unpaired) electrons. The zero-order valence-corrected chi connectivity index (χ0v) is 15.1. The number of fused-ring (bicyclic) bond motifs is 4. The van der Waals surface area contributed by atoms with Crippen molar-refractivity contribution in [1.29, 1.82) is 0 Å². The Morgan fingerprint density at radius 3 is 2.85 bits per heavy atom. The standard InChI is InChI=1S/C20H21N5O2/c1-23-7-6-22-18(23)16-2-3-17-15-8-13(11-25(17)20(16)27)10-24(12-15)19(26)14-4-5-21-9-14/h2-7,9,13,15,21H,8,10-12H2,1H3/t13-,15+/m0/s1. The van der Waals surface area contributed by atoms with Crippen molar-refractivity contribution in [2.45, 2.75) is 18.9 Å². The van der Waals surface area contributed by atoms with E-state index >= 15 is 0 Å². The molecule has 0 aromatic carbocycles. The quantitative estimate of drug-likeness (QED) is 0.755. The van der Waals surface area contributed by atoms with E-state index < -0.39 is 0 Å². The van der Waals surface area contributed by atoms with Crippen LogP contribution in [0, 0.1) is 5.92 Å². The Bertz CT molecular complexity index is 1060. The number of piperidine rings is 1. The molecule has 2 bridgehead atoms. The van der Waals surface area contributed by atoms with E-state index in [0.717, 1.165) is 12.1 Å². The van der Waals surface area contributed by atoms with E-state index in [4.69, 9.17) is 0 Å². The Balaban J connectivity index is 1.50. The highest BCUT2D eigenvalue weighted by molar-refractivity contribution is 5.94. The maximum absolute atomic E-state index is 13.1. The van der Waals surface area contributed by atoms with Gasteiger partial charge in [-0.15, -0.1) is 0 Å². The molecule has 1 N–H and O–H groups in total. The number of carbonyl (C=O) groups is 1.